The summed E-state index contributed by atoms with van der Waals surface area (Å²) in [6.07, 6.45) is 2.61. The molecular weight excluding hydrogens is 260 g/mol. The number of nitrogens with two attached hydrogens (primary N) is 1. The van der Waals surface area contributed by atoms with Gasteiger partial charge in [0.1, 0.15) is 10.6 Å². The molecule has 2 aromatic rings. The standard InChI is InChI=1S/C13H20N4OS/c1-3-8(5-6-18)15-11-10-7-9(4-2)19-12(10)17-13(14)16-11/h7-8,18H,3-6H2,1-2H3,(H3,14,15,16,17). The summed E-state index contributed by atoms with van der Waals surface area (Å²) in [4.78, 5) is 10.8. The number of anilines is 2. The number of fused-ring (bicyclic) bond motifs is 1. The number of thiophene rings is 1. The highest BCUT2D eigenvalue weighted by molar-refractivity contribution is 7.18. The van der Waals surface area contributed by atoms with Crippen LogP contribution in [-0.4, -0.2) is 27.7 Å². The maximum absolute atomic E-state index is 9.06. The molecule has 0 aromatic carbocycles. The lowest BCUT2D eigenvalue weighted by Crippen LogP contribution is -2.21. The van der Waals surface area contributed by atoms with Crippen molar-refractivity contribution in [3.8, 4) is 0 Å². The van der Waals surface area contributed by atoms with Crippen molar-refractivity contribution >= 4 is 33.3 Å². The Kier molecular flexibility index (Phi) is 4.55. The molecule has 19 heavy (non-hydrogen) atoms. The number of nitrogens with one attached hydrogen (secondary N) is 1. The number of hydrogen-bond acceptors (Lipinski definition) is 6. The molecule has 4 N–H and O–H groups in total. The van der Waals surface area contributed by atoms with Gasteiger partial charge in [-0.05, 0) is 25.3 Å². The van der Waals surface area contributed by atoms with Gasteiger partial charge in [0.2, 0.25) is 5.95 Å². The first kappa shape index (κ1) is 14.0. The maximum Gasteiger partial charge on any atom is 0.223 e. The number of aliphatic hydroxyl groups is 1. The van der Waals surface area contributed by atoms with Crippen LogP contribution in [0.5, 0.6) is 0 Å². The largest absolute Gasteiger partial charge is 0.396 e. The Labute approximate surface area is 116 Å². The number of nitrogen functional groups attached to an aromatic ring is 1. The van der Waals surface area contributed by atoms with Crippen LogP contribution in [0.1, 0.15) is 31.6 Å². The minimum Gasteiger partial charge on any atom is -0.396 e. The zero-order valence-corrected chi connectivity index (χ0v) is 12.1. The van der Waals surface area contributed by atoms with Crippen molar-refractivity contribution < 1.29 is 5.11 Å². The number of rotatable bonds is 6. The van der Waals surface area contributed by atoms with Crippen molar-refractivity contribution in [2.45, 2.75) is 39.2 Å². The Morgan fingerprint density at radius 1 is 1.42 bits per heavy atom. The third-order valence-electron chi connectivity index (χ3n) is 3.12. The van der Waals surface area contributed by atoms with Gasteiger partial charge in [-0.3, -0.25) is 0 Å². The normalized spacial score (nSPS) is 12.8. The van der Waals surface area contributed by atoms with E-state index in [-0.39, 0.29) is 12.6 Å². The molecule has 2 heterocycles. The SMILES string of the molecule is CCc1cc2c(NC(CC)CCO)nc(N)nc2s1. The first-order chi connectivity index (χ1) is 9.17. The van der Waals surface area contributed by atoms with Crippen molar-refractivity contribution in [1.29, 1.82) is 0 Å². The third kappa shape index (κ3) is 3.13. The van der Waals surface area contributed by atoms with E-state index < -0.39 is 0 Å². The molecule has 1 atom stereocenters. The highest BCUT2D eigenvalue weighted by atomic mass is 32.1. The number of aryl methyl sites for hydroxylation is 1. The molecule has 0 saturated heterocycles. The predicted molar refractivity (Wildman–Crippen MR) is 80.6 cm³/mol. The Balaban J connectivity index is 2.37. The maximum atomic E-state index is 9.06. The van der Waals surface area contributed by atoms with Crippen LogP contribution >= 0.6 is 11.3 Å². The van der Waals surface area contributed by atoms with Gasteiger partial charge in [-0.15, -0.1) is 11.3 Å². The zero-order valence-electron chi connectivity index (χ0n) is 11.3. The molecule has 5 nitrogen and oxygen atoms in total. The molecule has 0 aliphatic heterocycles. The van der Waals surface area contributed by atoms with Crippen molar-refractivity contribution in [1.82, 2.24) is 9.97 Å². The summed E-state index contributed by atoms with van der Waals surface area (Å²) in [5.41, 5.74) is 5.76. The highest BCUT2D eigenvalue weighted by Crippen LogP contribution is 2.30. The average molecular weight is 280 g/mol. The van der Waals surface area contributed by atoms with E-state index in [4.69, 9.17) is 10.8 Å². The quantitative estimate of drug-likeness (QED) is 0.756. The van der Waals surface area contributed by atoms with E-state index in [1.807, 2.05) is 0 Å². The second-order valence-electron chi connectivity index (χ2n) is 4.48. The molecular formula is C13H20N4OS. The summed E-state index contributed by atoms with van der Waals surface area (Å²) >= 11 is 1.65. The fourth-order valence-corrected chi connectivity index (χ4v) is 2.97. The lowest BCUT2D eigenvalue weighted by atomic mass is 10.1. The zero-order chi connectivity index (χ0) is 13.8. The molecule has 0 bridgehead atoms. The number of aliphatic hydroxyl groups excluding tert-OH is 1. The lowest BCUT2D eigenvalue weighted by Gasteiger charge is -2.17. The van der Waals surface area contributed by atoms with Gasteiger partial charge in [-0.25, -0.2) is 4.98 Å². The molecule has 6 heteroatoms. The van der Waals surface area contributed by atoms with Gasteiger partial charge < -0.3 is 16.2 Å². The summed E-state index contributed by atoms with van der Waals surface area (Å²) < 4.78 is 0. The van der Waals surface area contributed by atoms with Gasteiger partial charge in [0, 0.05) is 17.5 Å². The third-order valence-corrected chi connectivity index (χ3v) is 4.29. The van der Waals surface area contributed by atoms with Gasteiger partial charge in [-0.2, -0.15) is 4.98 Å². The van der Waals surface area contributed by atoms with E-state index in [2.05, 4.69) is 35.2 Å². The fourth-order valence-electron chi connectivity index (χ4n) is 2.00. The predicted octanol–water partition coefficient (Wildman–Crippen LogP) is 2.41. The van der Waals surface area contributed by atoms with E-state index in [1.54, 1.807) is 11.3 Å². The Hall–Kier alpha value is -1.40. The Morgan fingerprint density at radius 2 is 2.21 bits per heavy atom. The minimum atomic E-state index is 0.166. The molecule has 2 rings (SSSR count). The molecule has 2 aromatic heterocycles. The van der Waals surface area contributed by atoms with E-state index >= 15 is 0 Å². The molecule has 104 valence electrons. The van der Waals surface area contributed by atoms with E-state index in [0.717, 1.165) is 28.9 Å². The van der Waals surface area contributed by atoms with Gasteiger partial charge >= 0.3 is 0 Å². The first-order valence-corrected chi connectivity index (χ1v) is 7.42. The van der Waals surface area contributed by atoms with E-state index in [1.165, 1.54) is 4.88 Å². The lowest BCUT2D eigenvalue weighted by molar-refractivity contribution is 0.278. The molecule has 0 aliphatic rings. The summed E-state index contributed by atoms with van der Waals surface area (Å²) in [6.45, 7) is 4.37. The molecule has 0 aliphatic carbocycles. The van der Waals surface area contributed by atoms with Crippen molar-refractivity contribution in [2.75, 3.05) is 17.7 Å². The summed E-state index contributed by atoms with van der Waals surface area (Å²) in [6, 6.07) is 2.32. The first-order valence-electron chi connectivity index (χ1n) is 6.61. The van der Waals surface area contributed by atoms with E-state index in [9.17, 15) is 0 Å². The van der Waals surface area contributed by atoms with Crippen LogP contribution in [0.25, 0.3) is 10.2 Å². The second-order valence-corrected chi connectivity index (χ2v) is 5.59. The number of nitrogens with zero attached hydrogens (tertiary/aromatic N) is 2. The van der Waals surface area contributed by atoms with Crippen molar-refractivity contribution in [3.63, 3.8) is 0 Å². The number of hydrogen-bond donors (Lipinski definition) is 3. The van der Waals surface area contributed by atoms with Crippen molar-refractivity contribution in [2.24, 2.45) is 0 Å². The van der Waals surface area contributed by atoms with Gasteiger partial charge in [0.05, 0.1) is 5.39 Å². The molecule has 0 spiro atoms. The van der Waals surface area contributed by atoms with Crippen LogP contribution in [-0.2, 0) is 6.42 Å². The highest BCUT2D eigenvalue weighted by Gasteiger charge is 2.13. The molecule has 0 fully saturated rings. The van der Waals surface area contributed by atoms with Crippen molar-refractivity contribution in [3.05, 3.63) is 10.9 Å². The van der Waals surface area contributed by atoms with Crippen LogP contribution < -0.4 is 11.1 Å². The number of aromatic nitrogens is 2. The van der Waals surface area contributed by atoms with Gasteiger partial charge in [0.25, 0.3) is 0 Å². The van der Waals surface area contributed by atoms with Gasteiger partial charge in [-0.1, -0.05) is 13.8 Å². The van der Waals surface area contributed by atoms with Crippen LogP contribution in [0.2, 0.25) is 0 Å². The van der Waals surface area contributed by atoms with Crippen LogP contribution in [0, 0.1) is 0 Å². The monoisotopic (exact) mass is 280 g/mol. The molecule has 1 unspecified atom stereocenters. The summed E-state index contributed by atoms with van der Waals surface area (Å²) in [5.74, 6) is 1.07. The minimum absolute atomic E-state index is 0.166. The van der Waals surface area contributed by atoms with Crippen LogP contribution in [0.3, 0.4) is 0 Å². The van der Waals surface area contributed by atoms with E-state index in [0.29, 0.717) is 12.4 Å². The summed E-state index contributed by atoms with van der Waals surface area (Å²) in [7, 11) is 0. The van der Waals surface area contributed by atoms with Crippen LogP contribution in [0.4, 0.5) is 11.8 Å². The average Bonchev–Trinajstić information content (AvgIpc) is 2.81. The Bertz CT molecular complexity index is 555. The second kappa shape index (κ2) is 6.16. The Morgan fingerprint density at radius 3 is 2.84 bits per heavy atom. The summed E-state index contributed by atoms with van der Waals surface area (Å²) in [5, 5.41) is 13.4. The smallest absolute Gasteiger partial charge is 0.223 e. The fraction of sp³-hybridized carbons (Fsp3) is 0.538. The van der Waals surface area contributed by atoms with Crippen LogP contribution in [0.15, 0.2) is 6.07 Å². The van der Waals surface area contributed by atoms with Gasteiger partial charge in [0.15, 0.2) is 0 Å². The topological polar surface area (TPSA) is 84.1 Å². The molecule has 0 saturated carbocycles. The molecule has 0 amide bonds. The molecule has 0 radical (unpaired) electrons.